The number of ketones is 1. The third kappa shape index (κ3) is 3.10. The van der Waals surface area contributed by atoms with E-state index in [2.05, 4.69) is 15.1 Å². The van der Waals surface area contributed by atoms with Gasteiger partial charge in [-0.2, -0.15) is 5.10 Å². The molecule has 1 N–H and O–H groups in total. The van der Waals surface area contributed by atoms with Crippen LogP contribution in [-0.4, -0.2) is 46.9 Å². The van der Waals surface area contributed by atoms with Gasteiger partial charge in [0.2, 0.25) is 11.7 Å². The lowest BCUT2D eigenvalue weighted by Gasteiger charge is -2.24. The molecule has 0 amide bonds. The van der Waals surface area contributed by atoms with Crippen molar-refractivity contribution in [3.8, 4) is 23.2 Å². The molecule has 164 valence electrons. The molecule has 8 nitrogen and oxygen atoms in total. The van der Waals surface area contributed by atoms with Crippen LogP contribution in [0.25, 0.3) is 17.0 Å². The molecule has 4 aromatic rings. The lowest BCUT2D eigenvalue weighted by atomic mass is 9.81. The zero-order valence-electron chi connectivity index (χ0n) is 18.4. The van der Waals surface area contributed by atoms with Crippen molar-refractivity contribution in [2.24, 2.45) is 0 Å². The fraction of sp³-hybridized carbons (Fsp3) is 0.292. The number of aromatic amines is 1. The zero-order valence-corrected chi connectivity index (χ0v) is 18.4. The lowest BCUT2D eigenvalue weighted by Crippen LogP contribution is -2.21. The maximum atomic E-state index is 13.2. The maximum absolute atomic E-state index is 13.2. The second-order valence-electron chi connectivity index (χ2n) is 7.88. The molecule has 2 heterocycles. The van der Waals surface area contributed by atoms with E-state index in [4.69, 9.17) is 14.2 Å². The van der Waals surface area contributed by atoms with E-state index < -0.39 is 0 Å². The normalized spacial score (nSPS) is 15.6. The molecule has 0 saturated heterocycles. The van der Waals surface area contributed by atoms with Gasteiger partial charge in [0.25, 0.3) is 0 Å². The summed E-state index contributed by atoms with van der Waals surface area (Å²) in [7, 11) is 4.75. The van der Waals surface area contributed by atoms with Crippen molar-refractivity contribution in [3.63, 3.8) is 0 Å². The van der Waals surface area contributed by atoms with Gasteiger partial charge in [-0.05, 0) is 49.1 Å². The molecule has 0 unspecified atom stereocenters. The Morgan fingerprint density at radius 1 is 1.03 bits per heavy atom. The molecule has 5 rings (SSSR count). The first-order chi connectivity index (χ1) is 15.5. The van der Waals surface area contributed by atoms with Crippen LogP contribution >= 0.6 is 0 Å². The predicted octanol–water partition coefficient (Wildman–Crippen LogP) is 4.00. The van der Waals surface area contributed by atoms with Crippen LogP contribution in [0.3, 0.4) is 0 Å². The lowest BCUT2D eigenvalue weighted by molar-refractivity contribution is 0.0963. The third-order valence-electron chi connectivity index (χ3n) is 6.04. The number of hydrogen-bond donors (Lipinski definition) is 1. The standard InChI is InChI=1S/C24H24N4O4/c1-13-22-18(28(27-13)24-25-16-7-5-6-8-17(16)26-24)9-14(10-19(22)29)15-11-20(30-2)23(32-4)21(12-15)31-3/h5-8,11-12,14H,9-10H2,1-4H3,(H,25,26)/t14-/m0/s1. The monoisotopic (exact) mass is 432 g/mol. The summed E-state index contributed by atoms with van der Waals surface area (Å²) in [6.07, 6.45) is 1.02. The van der Waals surface area contributed by atoms with Crippen LogP contribution in [0.5, 0.6) is 17.2 Å². The van der Waals surface area contributed by atoms with Crippen LogP contribution in [0.2, 0.25) is 0 Å². The van der Waals surface area contributed by atoms with Gasteiger partial charge in [-0.25, -0.2) is 9.67 Å². The number of aromatic nitrogens is 4. The fourth-order valence-electron chi connectivity index (χ4n) is 4.55. The topological polar surface area (TPSA) is 91.3 Å². The number of nitrogens with zero attached hydrogens (tertiary/aromatic N) is 3. The van der Waals surface area contributed by atoms with E-state index in [1.54, 1.807) is 26.0 Å². The fourth-order valence-corrected chi connectivity index (χ4v) is 4.55. The molecule has 2 aromatic carbocycles. The Hall–Kier alpha value is -3.81. The van der Waals surface area contributed by atoms with E-state index in [1.807, 2.05) is 43.3 Å². The van der Waals surface area contributed by atoms with Gasteiger partial charge in [0.15, 0.2) is 17.3 Å². The van der Waals surface area contributed by atoms with Crippen molar-refractivity contribution in [3.05, 3.63) is 58.9 Å². The summed E-state index contributed by atoms with van der Waals surface area (Å²) in [4.78, 5) is 21.2. The van der Waals surface area contributed by atoms with Crippen molar-refractivity contribution >= 4 is 16.8 Å². The number of rotatable bonds is 5. The van der Waals surface area contributed by atoms with E-state index in [9.17, 15) is 4.79 Å². The van der Waals surface area contributed by atoms with E-state index in [0.29, 0.717) is 47.3 Å². The minimum Gasteiger partial charge on any atom is -0.493 e. The van der Waals surface area contributed by atoms with Gasteiger partial charge in [0.1, 0.15) is 0 Å². The molecule has 0 bridgehead atoms. The average molecular weight is 432 g/mol. The third-order valence-corrected chi connectivity index (χ3v) is 6.04. The van der Waals surface area contributed by atoms with Crippen molar-refractivity contribution in [2.45, 2.75) is 25.7 Å². The Bertz CT molecular complexity index is 1280. The summed E-state index contributed by atoms with van der Waals surface area (Å²) >= 11 is 0. The minimum atomic E-state index is -0.0528. The molecule has 0 fully saturated rings. The first-order valence-electron chi connectivity index (χ1n) is 10.4. The summed E-state index contributed by atoms with van der Waals surface area (Å²) in [5.74, 6) is 2.30. The number of aryl methyl sites for hydroxylation is 1. The van der Waals surface area contributed by atoms with E-state index in [0.717, 1.165) is 22.3 Å². The van der Waals surface area contributed by atoms with Crippen molar-refractivity contribution in [1.82, 2.24) is 19.7 Å². The highest BCUT2D eigenvalue weighted by Crippen LogP contribution is 2.43. The highest BCUT2D eigenvalue weighted by Gasteiger charge is 2.33. The summed E-state index contributed by atoms with van der Waals surface area (Å²) in [5.41, 5.74) is 4.99. The van der Waals surface area contributed by atoms with Crippen molar-refractivity contribution in [1.29, 1.82) is 0 Å². The SMILES string of the molecule is COc1cc([C@@H]2CC(=O)c3c(C)nn(-c4nc5ccccc5[nH]4)c3C2)cc(OC)c1OC. The van der Waals surface area contributed by atoms with Gasteiger partial charge in [0.05, 0.1) is 49.3 Å². The summed E-state index contributed by atoms with van der Waals surface area (Å²) in [6.45, 7) is 1.87. The van der Waals surface area contributed by atoms with Crippen LogP contribution in [0.15, 0.2) is 36.4 Å². The number of fused-ring (bicyclic) bond motifs is 2. The smallest absolute Gasteiger partial charge is 0.229 e. The number of Topliss-reactive ketones (excluding diaryl/α,β-unsaturated/α-hetero) is 1. The first-order valence-corrected chi connectivity index (χ1v) is 10.4. The number of para-hydroxylation sites is 2. The number of methoxy groups -OCH3 is 3. The number of H-pyrrole nitrogens is 1. The molecule has 0 aliphatic heterocycles. The molecule has 1 atom stereocenters. The number of carbonyl (C=O) groups excluding carboxylic acids is 1. The first kappa shape index (κ1) is 20.1. The number of benzene rings is 2. The summed E-state index contributed by atoms with van der Waals surface area (Å²) < 4.78 is 18.2. The van der Waals surface area contributed by atoms with Crippen LogP contribution < -0.4 is 14.2 Å². The molecule has 1 aliphatic carbocycles. The van der Waals surface area contributed by atoms with E-state index in [-0.39, 0.29) is 11.7 Å². The van der Waals surface area contributed by atoms with Crippen LogP contribution in [-0.2, 0) is 6.42 Å². The predicted molar refractivity (Wildman–Crippen MR) is 119 cm³/mol. The van der Waals surface area contributed by atoms with Gasteiger partial charge >= 0.3 is 0 Å². The molecular formula is C24H24N4O4. The van der Waals surface area contributed by atoms with Gasteiger partial charge in [-0.15, -0.1) is 0 Å². The Labute approximate surface area is 185 Å². The molecule has 1 aliphatic rings. The Morgan fingerprint density at radius 3 is 2.41 bits per heavy atom. The van der Waals surface area contributed by atoms with Gasteiger partial charge in [-0.3, -0.25) is 4.79 Å². The molecular weight excluding hydrogens is 408 g/mol. The Kier molecular flexibility index (Phi) is 4.84. The van der Waals surface area contributed by atoms with Crippen molar-refractivity contribution in [2.75, 3.05) is 21.3 Å². The zero-order chi connectivity index (χ0) is 22.4. The molecule has 32 heavy (non-hydrogen) atoms. The minimum absolute atomic E-state index is 0.0528. The quantitative estimate of drug-likeness (QED) is 0.513. The van der Waals surface area contributed by atoms with E-state index in [1.165, 1.54) is 0 Å². The molecule has 8 heteroatoms. The summed E-state index contributed by atoms with van der Waals surface area (Å²) in [6, 6.07) is 11.7. The number of imidazole rings is 1. The number of hydrogen-bond acceptors (Lipinski definition) is 6. The van der Waals surface area contributed by atoms with Gasteiger partial charge < -0.3 is 19.2 Å². The number of ether oxygens (including phenoxy) is 3. The van der Waals surface area contributed by atoms with Crippen LogP contribution in [0.1, 0.15) is 39.6 Å². The molecule has 0 spiro atoms. The molecule has 0 radical (unpaired) electrons. The van der Waals surface area contributed by atoms with Gasteiger partial charge in [-0.1, -0.05) is 12.1 Å². The van der Waals surface area contributed by atoms with Crippen LogP contribution in [0.4, 0.5) is 0 Å². The second-order valence-corrected chi connectivity index (χ2v) is 7.88. The largest absolute Gasteiger partial charge is 0.493 e. The number of nitrogens with one attached hydrogen (secondary N) is 1. The van der Waals surface area contributed by atoms with Crippen molar-refractivity contribution < 1.29 is 19.0 Å². The summed E-state index contributed by atoms with van der Waals surface area (Å²) in [5, 5.41) is 4.66. The van der Waals surface area contributed by atoms with Crippen LogP contribution in [0, 0.1) is 6.92 Å². The molecule has 2 aromatic heterocycles. The number of carbonyl (C=O) groups is 1. The van der Waals surface area contributed by atoms with E-state index >= 15 is 0 Å². The molecule has 0 saturated carbocycles. The highest BCUT2D eigenvalue weighted by molar-refractivity contribution is 6.00. The Morgan fingerprint density at radius 2 is 1.75 bits per heavy atom. The Balaban J connectivity index is 1.60. The maximum Gasteiger partial charge on any atom is 0.229 e. The second kappa shape index (κ2) is 7.71. The van der Waals surface area contributed by atoms with Gasteiger partial charge in [0, 0.05) is 6.42 Å². The highest BCUT2D eigenvalue weighted by atomic mass is 16.5. The average Bonchev–Trinajstić information content (AvgIpc) is 3.39.